The molecule has 0 aliphatic heterocycles. The normalized spacial score (nSPS) is 11.4. The highest BCUT2D eigenvalue weighted by Gasteiger charge is 2.24. The SMILES string of the molecule is COC(=O)CN(C)S(=O)(=O)c1ccc(N)c(OC)c1. The molecule has 0 spiro atoms. The van der Waals surface area contributed by atoms with Crippen LogP contribution in [0.1, 0.15) is 0 Å². The molecule has 0 unspecified atom stereocenters. The lowest BCUT2D eigenvalue weighted by Gasteiger charge is -2.16. The van der Waals surface area contributed by atoms with Crippen LogP contribution in [0.5, 0.6) is 5.75 Å². The summed E-state index contributed by atoms with van der Waals surface area (Å²) in [7, 11) is 0.0689. The van der Waals surface area contributed by atoms with Crippen LogP contribution in [0.25, 0.3) is 0 Å². The number of nitrogen functional groups attached to an aromatic ring is 1. The highest BCUT2D eigenvalue weighted by molar-refractivity contribution is 7.89. The zero-order valence-electron chi connectivity index (χ0n) is 10.9. The Bertz CT molecular complexity index is 570. The third-order valence-corrected chi connectivity index (χ3v) is 4.29. The lowest BCUT2D eigenvalue weighted by atomic mass is 10.3. The summed E-state index contributed by atoms with van der Waals surface area (Å²) >= 11 is 0. The first-order valence-electron chi connectivity index (χ1n) is 5.29. The molecule has 0 aromatic heterocycles. The van der Waals surface area contributed by atoms with Crippen molar-refractivity contribution in [1.82, 2.24) is 4.31 Å². The number of methoxy groups -OCH3 is 2. The van der Waals surface area contributed by atoms with Crippen LogP contribution in [0.4, 0.5) is 5.69 Å². The second-order valence-corrected chi connectivity index (χ2v) is 5.79. The van der Waals surface area contributed by atoms with Gasteiger partial charge in [0.2, 0.25) is 10.0 Å². The molecule has 1 aromatic rings. The van der Waals surface area contributed by atoms with Gasteiger partial charge in [0.1, 0.15) is 12.3 Å². The average molecular weight is 288 g/mol. The summed E-state index contributed by atoms with van der Waals surface area (Å²) in [5.74, 6) is -0.388. The van der Waals surface area contributed by atoms with E-state index in [1.54, 1.807) is 0 Å². The van der Waals surface area contributed by atoms with E-state index in [9.17, 15) is 13.2 Å². The van der Waals surface area contributed by atoms with Crippen molar-refractivity contribution in [2.75, 3.05) is 33.5 Å². The number of nitrogens with two attached hydrogens (primary N) is 1. The fourth-order valence-corrected chi connectivity index (χ4v) is 2.49. The third-order valence-electron chi connectivity index (χ3n) is 2.49. The Morgan fingerprint density at radius 3 is 2.53 bits per heavy atom. The van der Waals surface area contributed by atoms with E-state index in [2.05, 4.69) is 4.74 Å². The molecule has 1 rings (SSSR count). The fraction of sp³-hybridized carbons (Fsp3) is 0.364. The third kappa shape index (κ3) is 3.36. The van der Waals surface area contributed by atoms with E-state index in [0.29, 0.717) is 5.69 Å². The summed E-state index contributed by atoms with van der Waals surface area (Å²) in [5, 5.41) is 0. The lowest BCUT2D eigenvalue weighted by Crippen LogP contribution is -2.32. The van der Waals surface area contributed by atoms with Gasteiger partial charge in [0, 0.05) is 13.1 Å². The van der Waals surface area contributed by atoms with Gasteiger partial charge in [-0.05, 0) is 12.1 Å². The molecule has 0 atom stereocenters. The van der Waals surface area contributed by atoms with Crippen molar-refractivity contribution in [2.45, 2.75) is 4.90 Å². The summed E-state index contributed by atoms with van der Waals surface area (Å²) < 4.78 is 34.7. The van der Waals surface area contributed by atoms with Crippen LogP contribution in [-0.4, -0.2) is 46.5 Å². The standard InChI is InChI=1S/C11H16N2O5S/c1-13(7-11(14)18-3)19(15,16)8-4-5-9(12)10(6-8)17-2/h4-6H,7,12H2,1-3H3. The predicted octanol–water partition coefficient (Wildman–Crippen LogP) is 0.0709. The highest BCUT2D eigenvalue weighted by Crippen LogP contribution is 2.26. The number of ether oxygens (including phenoxy) is 2. The van der Waals surface area contributed by atoms with Crippen molar-refractivity contribution in [3.63, 3.8) is 0 Å². The number of benzene rings is 1. The molecule has 106 valence electrons. The zero-order chi connectivity index (χ0) is 14.6. The number of rotatable bonds is 5. The maximum absolute atomic E-state index is 12.2. The van der Waals surface area contributed by atoms with Crippen LogP contribution in [0.3, 0.4) is 0 Å². The van der Waals surface area contributed by atoms with Crippen LogP contribution in [0, 0.1) is 0 Å². The van der Waals surface area contributed by atoms with Gasteiger partial charge in [0.05, 0.1) is 24.8 Å². The molecule has 7 nitrogen and oxygen atoms in total. The number of carbonyl (C=O) groups is 1. The number of anilines is 1. The second kappa shape index (κ2) is 5.89. The van der Waals surface area contributed by atoms with Gasteiger partial charge in [-0.3, -0.25) is 4.79 Å². The first-order chi connectivity index (χ1) is 8.82. The molecule has 8 heteroatoms. The maximum atomic E-state index is 12.2. The Balaban J connectivity index is 3.09. The zero-order valence-corrected chi connectivity index (χ0v) is 11.7. The monoisotopic (exact) mass is 288 g/mol. The van der Waals surface area contributed by atoms with E-state index in [1.165, 1.54) is 39.5 Å². The summed E-state index contributed by atoms with van der Waals surface area (Å²) in [4.78, 5) is 11.1. The number of carbonyl (C=O) groups excluding carboxylic acids is 1. The Labute approximate surface area is 112 Å². The second-order valence-electron chi connectivity index (χ2n) is 3.74. The minimum absolute atomic E-state index is 0.00930. The van der Waals surface area contributed by atoms with Crippen molar-refractivity contribution in [3.8, 4) is 5.75 Å². The van der Waals surface area contributed by atoms with E-state index < -0.39 is 16.0 Å². The Kier molecular flexibility index (Phi) is 4.73. The number of sulfonamides is 1. The lowest BCUT2D eigenvalue weighted by molar-refractivity contribution is -0.140. The minimum Gasteiger partial charge on any atom is -0.495 e. The molecule has 0 radical (unpaired) electrons. The van der Waals surface area contributed by atoms with Gasteiger partial charge in [0.15, 0.2) is 0 Å². The Morgan fingerprint density at radius 1 is 1.37 bits per heavy atom. The van der Waals surface area contributed by atoms with E-state index in [-0.39, 0.29) is 17.2 Å². The van der Waals surface area contributed by atoms with E-state index in [4.69, 9.17) is 10.5 Å². The molecule has 0 aliphatic carbocycles. The van der Waals surface area contributed by atoms with Gasteiger partial charge in [-0.2, -0.15) is 4.31 Å². The molecule has 0 fully saturated rings. The molecule has 2 N–H and O–H groups in total. The largest absolute Gasteiger partial charge is 0.495 e. The summed E-state index contributed by atoms with van der Waals surface area (Å²) in [5.41, 5.74) is 5.94. The van der Waals surface area contributed by atoms with E-state index >= 15 is 0 Å². The first-order valence-corrected chi connectivity index (χ1v) is 6.73. The Hall–Kier alpha value is -1.80. The summed E-state index contributed by atoms with van der Waals surface area (Å²) in [6.45, 7) is -0.370. The molecule has 0 heterocycles. The summed E-state index contributed by atoms with van der Waals surface area (Å²) in [6, 6.07) is 4.08. The van der Waals surface area contributed by atoms with Crippen molar-refractivity contribution < 1.29 is 22.7 Å². The van der Waals surface area contributed by atoms with Crippen LogP contribution >= 0.6 is 0 Å². The number of hydrogen-bond donors (Lipinski definition) is 1. The molecular formula is C11H16N2O5S. The Morgan fingerprint density at radius 2 is 2.00 bits per heavy atom. The molecule has 0 saturated carbocycles. The van der Waals surface area contributed by atoms with Gasteiger partial charge in [-0.15, -0.1) is 0 Å². The van der Waals surface area contributed by atoms with Crippen LogP contribution in [0.15, 0.2) is 23.1 Å². The predicted molar refractivity (Wildman–Crippen MR) is 69.2 cm³/mol. The fourth-order valence-electron chi connectivity index (χ4n) is 1.36. The topological polar surface area (TPSA) is 98.9 Å². The summed E-state index contributed by atoms with van der Waals surface area (Å²) in [6.07, 6.45) is 0. The average Bonchev–Trinajstić information content (AvgIpc) is 2.38. The molecule has 0 aliphatic rings. The van der Waals surface area contributed by atoms with E-state index in [1.807, 2.05) is 0 Å². The van der Waals surface area contributed by atoms with Crippen molar-refractivity contribution >= 4 is 21.7 Å². The maximum Gasteiger partial charge on any atom is 0.321 e. The van der Waals surface area contributed by atoms with Crippen LogP contribution < -0.4 is 10.5 Å². The van der Waals surface area contributed by atoms with Crippen LogP contribution in [0.2, 0.25) is 0 Å². The van der Waals surface area contributed by atoms with Crippen molar-refractivity contribution in [2.24, 2.45) is 0 Å². The van der Waals surface area contributed by atoms with Crippen molar-refractivity contribution in [1.29, 1.82) is 0 Å². The van der Waals surface area contributed by atoms with Gasteiger partial charge >= 0.3 is 5.97 Å². The first kappa shape index (κ1) is 15.3. The number of hydrogen-bond acceptors (Lipinski definition) is 6. The molecule has 1 aromatic carbocycles. The van der Waals surface area contributed by atoms with E-state index in [0.717, 1.165) is 4.31 Å². The molecular weight excluding hydrogens is 272 g/mol. The number of likely N-dealkylation sites (N-methyl/N-ethyl adjacent to an activating group) is 1. The molecule has 0 saturated heterocycles. The number of nitrogens with zero attached hydrogens (tertiary/aromatic N) is 1. The quantitative estimate of drug-likeness (QED) is 0.608. The smallest absolute Gasteiger partial charge is 0.321 e. The minimum atomic E-state index is -3.80. The van der Waals surface area contributed by atoms with Crippen LogP contribution in [-0.2, 0) is 19.6 Å². The molecule has 0 bridgehead atoms. The molecule has 0 amide bonds. The highest BCUT2D eigenvalue weighted by atomic mass is 32.2. The molecule has 19 heavy (non-hydrogen) atoms. The van der Waals surface area contributed by atoms with Gasteiger partial charge in [-0.25, -0.2) is 8.42 Å². The van der Waals surface area contributed by atoms with Gasteiger partial charge < -0.3 is 15.2 Å². The van der Waals surface area contributed by atoms with Gasteiger partial charge in [0.25, 0.3) is 0 Å². The number of esters is 1. The van der Waals surface area contributed by atoms with Crippen molar-refractivity contribution in [3.05, 3.63) is 18.2 Å². The van der Waals surface area contributed by atoms with Gasteiger partial charge in [-0.1, -0.05) is 0 Å².